The Morgan fingerprint density at radius 1 is 0.914 bits per heavy atom. The first-order valence-corrected chi connectivity index (χ1v) is 11.9. The lowest BCUT2D eigenvalue weighted by Gasteiger charge is -2.11. The van der Waals surface area contributed by atoms with Crippen LogP contribution in [0.2, 0.25) is 0 Å². The van der Waals surface area contributed by atoms with Gasteiger partial charge in [0, 0.05) is 24.0 Å². The molecule has 3 amide bonds. The van der Waals surface area contributed by atoms with Gasteiger partial charge < -0.3 is 5.32 Å². The summed E-state index contributed by atoms with van der Waals surface area (Å²) in [4.78, 5) is 38.1. The van der Waals surface area contributed by atoms with Crippen molar-refractivity contribution in [3.05, 3.63) is 89.5 Å². The molecule has 1 aliphatic rings. The summed E-state index contributed by atoms with van der Waals surface area (Å²) in [5.74, 6) is -0.218. The van der Waals surface area contributed by atoms with Crippen molar-refractivity contribution >= 4 is 35.2 Å². The van der Waals surface area contributed by atoms with Crippen LogP contribution in [0.1, 0.15) is 26.3 Å². The fourth-order valence-corrected chi connectivity index (χ4v) is 4.58. The molecule has 3 aromatic carbocycles. The maximum Gasteiger partial charge on any atom is 0.261 e. The number of rotatable bonds is 6. The van der Waals surface area contributed by atoms with Gasteiger partial charge in [-0.25, -0.2) is 0 Å². The second-order valence-corrected chi connectivity index (χ2v) is 9.05. The highest BCUT2D eigenvalue weighted by atomic mass is 32.2. The topological polar surface area (TPSA) is 97.2 Å². The number of carbonyl (C=O) groups excluding carboxylic acids is 3. The van der Waals surface area contributed by atoms with Crippen molar-refractivity contribution in [2.24, 2.45) is 0 Å². The van der Waals surface area contributed by atoms with Gasteiger partial charge in [0.1, 0.15) is 0 Å². The van der Waals surface area contributed by atoms with Crippen LogP contribution in [0.3, 0.4) is 0 Å². The molecular formula is C26H21N5O3S. The molecule has 0 radical (unpaired) electrons. The molecule has 5 rings (SSSR count). The van der Waals surface area contributed by atoms with Gasteiger partial charge in [0.05, 0.1) is 16.9 Å². The largest absolute Gasteiger partial charge is 0.325 e. The number of aryl methyl sites for hydroxylation is 1. The molecule has 0 saturated heterocycles. The fraction of sp³-hybridized carbons (Fsp3) is 0.115. The zero-order valence-corrected chi connectivity index (χ0v) is 19.9. The number of nitrogens with zero attached hydrogens (tertiary/aromatic N) is 4. The standard InChI is InChI=1S/C26H21N5O3S/c1-16-8-11-19(12-9-16)31-23(17-6-4-3-5-7-17)28-29-26(31)35-15-22(32)27-18-10-13-20-21(14-18)25(34)30(2)24(20)33/h3-14H,15H2,1-2H3,(H,27,32). The number of amides is 3. The first-order chi connectivity index (χ1) is 16.9. The number of imide groups is 1. The van der Waals surface area contributed by atoms with Crippen molar-refractivity contribution < 1.29 is 14.4 Å². The SMILES string of the molecule is Cc1ccc(-n2c(SCC(=O)Nc3ccc4c(c3)C(=O)N(C)C4=O)nnc2-c2ccccc2)cc1. The maximum atomic E-state index is 12.7. The van der Waals surface area contributed by atoms with Gasteiger partial charge in [-0.15, -0.1) is 10.2 Å². The molecule has 9 heteroatoms. The lowest BCUT2D eigenvalue weighted by atomic mass is 10.1. The van der Waals surface area contributed by atoms with Gasteiger partial charge >= 0.3 is 0 Å². The number of hydrogen-bond donors (Lipinski definition) is 1. The molecule has 0 fully saturated rings. The van der Waals surface area contributed by atoms with E-state index in [1.807, 2.05) is 66.1 Å². The van der Waals surface area contributed by atoms with E-state index < -0.39 is 0 Å². The van der Waals surface area contributed by atoms with E-state index >= 15 is 0 Å². The molecule has 1 aliphatic heterocycles. The van der Waals surface area contributed by atoms with E-state index in [1.54, 1.807) is 12.1 Å². The van der Waals surface area contributed by atoms with E-state index in [0.29, 0.717) is 22.2 Å². The third kappa shape index (κ3) is 4.33. The van der Waals surface area contributed by atoms with Gasteiger partial charge in [-0.1, -0.05) is 59.8 Å². The number of anilines is 1. The molecule has 0 bridgehead atoms. The Hall–Kier alpha value is -4.24. The average molecular weight is 484 g/mol. The van der Waals surface area contributed by atoms with E-state index in [9.17, 15) is 14.4 Å². The van der Waals surface area contributed by atoms with E-state index in [-0.39, 0.29) is 29.0 Å². The molecule has 2 heterocycles. The van der Waals surface area contributed by atoms with Gasteiger partial charge in [-0.2, -0.15) is 0 Å². The molecule has 1 N–H and O–H groups in total. The van der Waals surface area contributed by atoms with Gasteiger partial charge in [0.15, 0.2) is 11.0 Å². The normalized spacial score (nSPS) is 12.7. The van der Waals surface area contributed by atoms with E-state index in [0.717, 1.165) is 21.7 Å². The third-order valence-electron chi connectivity index (χ3n) is 5.66. The monoisotopic (exact) mass is 483 g/mol. The van der Waals surface area contributed by atoms with Crippen LogP contribution >= 0.6 is 11.8 Å². The van der Waals surface area contributed by atoms with Crippen LogP contribution in [0.15, 0.2) is 78.0 Å². The molecule has 0 spiro atoms. The van der Waals surface area contributed by atoms with Crippen LogP contribution in [0.25, 0.3) is 17.1 Å². The van der Waals surface area contributed by atoms with Crippen LogP contribution in [0.5, 0.6) is 0 Å². The molecule has 4 aromatic rings. The summed E-state index contributed by atoms with van der Waals surface area (Å²) in [6, 6.07) is 22.5. The van der Waals surface area contributed by atoms with Crippen LogP contribution in [0, 0.1) is 6.92 Å². The summed E-state index contributed by atoms with van der Waals surface area (Å²) >= 11 is 1.26. The highest BCUT2D eigenvalue weighted by Gasteiger charge is 2.32. The van der Waals surface area contributed by atoms with Crippen molar-refractivity contribution in [2.75, 3.05) is 18.1 Å². The Labute approximate surface area is 206 Å². The number of aromatic nitrogens is 3. The summed E-state index contributed by atoms with van der Waals surface area (Å²) in [7, 11) is 1.44. The van der Waals surface area contributed by atoms with Crippen molar-refractivity contribution in [3.8, 4) is 17.1 Å². The molecular weight excluding hydrogens is 462 g/mol. The highest BCUT2D eigenvalue weighted by Crippen LogP contribution is 2.29. The molecule has 0 atom stereocenters. The minimum Gasteiger partial charge on any atom is -0.325 e. The predicted octanol–water partition coefficient (Wildman–Crippen LogP) is 4.20. The van der Waals surface area contributed by atoms with Crippen molar-refractivity contribution in [2.45, 2.75) is 12.1 Å². The number of nitrogens with one attached hydrogen (secondary N) is 1. The van der Waals surface area contributed by atoms with Crippen LogP contribution in [-0.4, -0.2) is 50.2 Å². The number of fused-ring (bicyclic) bond motifs is 1. The zero-order valence-electron chi connectivity index (χ0n) is 19.1. The average Bonchev–Trinajstić information content (AvgIpc) is 3.39. The summed E-state index contributed by atoms with van der Waals surface area (Å²) < 4.78 is 1.93. The summed E-state index contributed by atoms with van der Waals surface area (Å²) in [6.45, 7) is 2.02. The van der Waals surface area contributed by atoms with Crippen LogP contribution in [0.4, 0.5) is 5.69 Å². The molecule has 0 unspecified atom stereocenters. The molecule has 0 aliphatic carbocycles. The number of carbonyl (C=O) groups is 3. The van der Waals surface area contributed by atoms with E-state index in [1.165, 1.54) is 24.9 Å². The molecule has 174 valence electrons. The third-order valence-corrected chi connectivity index (χ3v) is 6.59. The summed E-state index contributed by atoms with van der Waals surface area (Å²) in [6.07, 6.45) is 0. The van der Waals surface area contributed by atoms with E-state index in [4.69, 9.17) is 0 Å². The first kappa shape index (κ1) is 22.5. The van der Waals surface area contributed by atoms with Gasteiger partial charge in [0.25, 0.3) is 11.8 Å². The van der Waals surface area contributed by atoms with Gasteiger partial charge in [-0.05, 0) is 37.3 Å². The van der Waals surface area contributed by atoms with Crippen molar-refractivity contribution in [1.82, 2.24) is 19.7 Å². The number of hydrogen-bond acceptors (Lipinski definition) is 6. The zero-order chi connectivity index (χ0) is 24.5. The van der Waals surface area contributed by atoms with Gasteiger partial charge in [-0.3, -0.25) is 23.9 Å². The Morgan fingerprint density at radius 2 is 1.63 bits per heavy atom. The fourth-order valence-electron chi connectivity index (χ4n) is 3.83. The Morgan fingerprint density at radius 3 is 2.37 bits per heavy atom. The molecule has 1 aromatic heterocycles. The van der Waals surface area contributed by atoms with Crippen LogP contribution in [-0.2, 0) is 4.79 Å². The smallest absolute Gasteiger partial charge is 0.261 e. The Balaban J connectivity index is 1.36. The quantitative estimate of drug-likeness (QED) is 0.326. The Bertz CT molecular complexity index is 1450. The molecule has 0 saturated carbocycles. The number of thioether (sulfide) groups is 1. The lowest BCUT2D eigenvalue weighted by Crippen LogP contribution is -2.24. The Kier molecular flexibility index (Phi) is 5.92. The number of benzene rings is 3. The minimum absolute atomic E-state index is 0.0860. The van der Waals surface area contributed by atoms with Crippen molar-refractivity contribution in [1.29, 1.82) is 0 Å². The second kappa shape index (κ2) is 9.19. The second-order valence-electron chi connectivity index (χ2n) is 8.11. The maximum absolute atomic E-state index is 12.7. The first-order valence-electron chi connectivity index (χ1n) is 10.9. The molecule has 35 heavy (non-hydrogen) atoms. The van der Waals surface area contributed by atoms with Crippen molar-refractivity contribution in [3.63, 3.8) is 0 Å². The minimum atomic E-state index is -0.380. The highest BCUT2D eigenvalue weighted by molar-refractivity contribution is 7.99. The summed E-state index contributed by atoms with van der Waals surface area (Å²) in [5, 5.41) is 12.1. The van der Waals surface area contributed by atoms with Crippen LogP contribution < -0.4 is 5.32 Å². The van der Waals surface area contributed by atoms with Gasteiger partial charge in [0.2, 0.25) is 5.91 Å². The van der Waals surface area contributed by atoms with E-state index in [2.05, 4.69) is 15.5 Å². The molecule has 8 nitrogen and oxygen atoms in total. The summed E-state index contributed by atoms with van der Waals surface area (Å²) in [5.41, 5.74) is 4.03. The predicted molar refractivity (Wildman–Crippen MR) is 134 cm³/mol. The lowest BCUT2D eigenvalue weighted by molar-refractivity contribution is -0.113.